The highest BCUT2D eigenvalue weighted by Gasteiger charge is 2.29. The lowest BCUT2D eigenvalue weighted by Gasteiger charge is -2.25. The van der Waals surface area contributed by atoms with E-state index in [1.807, 2.05) is 65.0 Å². The SMILES string of the molecule is CC(=C/C(C)C/C=C/C(C)=C/[C@H](C)C(=O)[C@H](C)[C@@H](O)[C@H](C)C/C(C)=C/C(=O)O)/C=C/C1OC(=O)C=C[C@@H]1C. The number of aliphatic carboxylic acids is 1. The van der Waals surface area contributed by atoms with Crippen molar-refractivity contribution in [3.8, 4) is 0 Å². The maximum Gasteiger partial charge on any atom is 0.331 e. The van der Waals surface area contributed by atoms with Gasteiger partial charge in [-0.25, -0.2) is 9.59 Å². The number of ketones is 1. The van der Waals surface area contributed by atoms with Gasteiger partial charge in [-0.1, -0.05) is 87.8 Å². The fourth-order valence-corrected chi connectivity index (χ4v) is 4.63. The molecule has 2 unspecified atom stereocenters. The highest BCUT2D eigenvalue weighted by Crippen LogP contribution is 2.24. The van der Waals surface area contributed by atoms with Gasteiger partial charge in [0.1, 0.15) is 11.9 Å². The van der Waals surface area contributed by atoms with E-state index in [0.29, 0.717) is 17.9 Å². The number of allylic oxidation sites excluding steroid dienone is 8. The quantitative estimate of drug-likeness (QED) is 0.154. The maximum atomic E-state index is 12.9. The van der Waals surface area contributed by atoms with Gasteiger partial charge in [-0.2, -0.15) is 0 Å². The molecule has 0 fully saturated rings. The van der Waals surface area contributed by atoms with Crippen molar-refractivity contribution >= 4 is 17.7 Å². The molecule has 1 rings (SSSR count). The van der Waals surface area contributed by atoms with Crippen LogP contribution in [0.25, 0.3) is 0 Å². The van der Waals surface area contributed by atoms with E-state index in [4.69, 9.17) is 9.84 Å². The van der Waals surface area contributed by atoms with E-state index < -0.39 is 18.0 Å². The lowest BCUT2D eigenvalue weighted by atomic mass is 9.83. The summed E-state index contributed by atoms with van der Waals surface area (Å²) in [6.07, 6.45) is 16.8. The summed E-state index contributed by atoms with van der Waals surface area (Å²) in [6, 6.07) is 0. The van der Waals surface area contributed by atoms with Crippen LogP contribution in [-0.2, 0) is 19.1 Å². The van der Waals surface area contributed by atoms with E-state index in [1.54, 1.807) is 13.8 Å². The van der Waals surface area contributed by atoms with Crippen molar-refractivity contribution in [1.29, 1.82) is 0 Å². The zero-order valence-electron chi connectivity index (χ0n) is 24.2. The Bertz CT molecular complexity index is 1010. The molecule has 1 aliphatic rings. The predicted octanol–water partition coefficient (Wildman–Crippen LogP) is 6.39. The Morgan fingerprint density at radius 2 is 1.68 bits per heavy atom. The van der Waals surface area contributed by atoms with Gasteiger partial charge in [0.25, 0.3) is 0 Å². The number of cyclic esters (lactones) is 1. The number of ether oxygens (including phenoxy) is 1. The van der Waals surface area contributed by atoms with Crippen LogP contribution in [0, 0.1) is 29.6 Å². The smallest absolute Gasteiger partial charge is 0.331 e. The third kappa shape index (κ3) is 12.0. The number of aliphatic hydroxyl groups excluding tert-OH is 1. The van der Waals surface area contributed by atoms with Gasteiger partial charge in [0, 0.05) is 29.9 Å². The van der Waals surface area contributed by atoms with E-state index in [1.165, 1.54) is 6.08 Å². The molecule has 0 bridgehead atoms. The normalized spacial score (nSPS) is 23.3. The lowest BCUT2D eigenvalue weighted by Crippen LogP contribution is -2.34. The second-order valence-corrected chi connectivity index (χ2v) is 10.9. The monoisotopic (exact) mass is 526 g/mol. The zero-order chi connectivity index (χ0) is 29.0. The third-order valence-electron chi connectivity index (χ3n) is 6.81. The van der Waals surface area contributed by atoms with Gasteiger partial charge in [0.15, 0.2) is 0 Å². The third-order valence-corrected chi connectivity index (χ3v) is 6.81. The molecule has 0 saturated heterocycles. The van der Waals surface area contributed by atoms with Crippen molar-refractivity contribution in [2.75, 3.05) is 0 Å². The van der Waals surface area contributed by atoms with Gasteiger partial charge < -0.3 is 14.9 Å². The molecule has 38 heavy (non-hydrogen) atoms. The Morgan fingerprint density at radius 1 is 1.05 bits per heavy atom. The minimum absolute atomic E-state index is 0.0378. The Labute approximate surface area is 228 Å². The van der Waals surface area contributed by atoms with Crippen LogP contribution >= 0.6 is 0 Å². The first-order valence-corrected chi connectivity index (χ1v) is 13.4. The molecule has 1 heterocycles. The number of esters is 1. The van der Waals surface area contributed by atoms with E-state index in [2.05, 4.69) is 19.1 Å². The number of carbonyl (C=O) groups is 3. The van der Waals surface area contributed by atoms with Crippen LogP contribution in [0.15, 0.2) is 71.4 Å². The van der Waals surface area contributed by atoms with Crippen LogP contribution in [0.4, 0.5) is 0 Å². The van der Waals surface area contributed by atoms with Crippen molar-refractivity contribution < 1.29 is 29.3 Å². The Kier molecular flexibility index (Phi) is 14.0. The minimum Gasteiger partial charge on any atom is -0.478 e. The molecule has 2 N–H and O–H groups in total. The van der Waals surface area contributed by atoms with E-state index in [-0.39, 0.29) is 35.6 Å². The zero-order valence-corrected chi connectivity index (χ0v) is 24.2. The van der Waals surface area contributed by atoms with Gasteiger partial charge in [-0.05, 0) is 51.5 Å². The number of aliphatic hydroxyl groups is 1. The maximum absolute atomic E-state index is 12.9. The van der Waals surface area contributed by atoms with Crippen molar-refractivity contribution in [3.05, 3.63) is 71.4 Å². The Hall–Kier alpha value is -2.99. The molecule has 0 aromatic carbocycles. The second-order valence-electron chi connectivity index (χ2n) is 10.9. The summed E-state index contributed by atoms with van der Waals surface area (Å²) in [4.78, 5) is 35.2. The highest BCUT2D eigenvalue weighted by atomic mass is 16.5. The summed E-state index contributed by atoms with van der Waals surface area (Å²) in [6.45, 7) is 15.3. The molecule has 0 saturated carbocycles. The highest BCUT2D eigenvalue weighted by molar-refractivity contribution is 5.85. The molecule has 6 nitrogen and oxygen atoms in total. The summed E-state index contributed by atoms with van der Waals surface area (Å²) in [5, 5.41) is 19.5. The summed E-state index contributed by atoms with van der Waals surface area (Å²) in [5.41, 5.74) is 2.75. The van der Waals surface area contributed by atoms with Crippen LogP contribution in [0.5, 0.6) is 0 Å². The molecule has 7 atom stereocenters. The number of carboxylic acid groups (broad SMARTS) is 1. The number of Topliss-reactive ketones (excluding diaryl/α,β-unsaturated/α-hetero) is 1. The van der Waals surface area contributed by atoms with Crippen molar-refractivity contribution in [1.82, 2.24) is 0 Å². The van der Waals surface area contributed by atoms with Crippen molar-refractivity contribution in [2.45, 2.75) is 80.4 Å². The molecule has 6 heteroatoms. The van der Waals surface area contributed by atoms with Gasteiger partial charge in [0.2, 0.25) is 0 Å². The van der Waals surface area contributed by atoms with Gasteiger partial charge in [0.05, 0.1) is 6.10 Å². The summed E-state index contributed by atoms with van der Waals surface area (Å²) in [7, 11) is 0. The number of hydrogen-bond acceptors (Lipinski definition) is 5. The van der Waals surface area contributed by atoms with E-state index in [0.717, 1.165) is 23.6 Å². The number of rotatable bonds is 14. The van der Waals surface area contributed by atoms with Crippen LogP contribution in [0.3, 0.4) is 0 Å². The average Bonchev–Trinajstić information content (AvgIpc) is 2.82. The average molecular weight is 527 g/mol. The molecular formula is C32H46O6. The van der Waals surface area contributed by atoms with Crippen LogP contribution in [0.2, 0.25) is 0 Å². The molecule has 210 valence electrons. The molecular weight excluding hydrogens is 480 g/mol. The molecule has 0 spiro atoms. The van der Waals surface area contributed by atoms with Gasteiger partial charge in [-0.15, -0.1) is 0 Å². The Morgan fingerprint density at radius 3 is 2.32 bits per heavy atom. The standard InChI is InChI=1S/C32H46O6/c1-20(16-22(3)12-14-28-24(5)13-15-30(35)38-28)10-9-11-21(2)17-25(6)31(36)27(8)32(37)26(7)18-23(4)19-29(33)34/h9,11-17,19-20,24-28,32,37H,10,18H2,1-8H3,(H,33,34)/b11-9+,14-12+,21-17+,22-16-,23-19+/t20?,24-,25-,26+,27-,28?,32-/m0/s1. The van der Waals surface area contributed by atoms with Gasteiger partial charge in [-0.3, -0.25) is 4.79 Å². The fourth-order valence-electron chi connectivity index (χ4n) is 4.63. The lowest BCUT2D eigenvalue weighted by molar-refractivity contribution is -0.143. The topological polar surface area (TPSA) is 101 Å². The van der Waals surface area contributed by atoms with Crippen molar-refractivity contribution in [2.24, 2.45) is 29.6 Å². The largest absolute Gasteiger partial charge is 0.478 e. The molecule has 0 aromatic rings. The molecule has 0 radical (unpaired) electrons. The summed E-state index contributed by atoms with van der Waals surface area (Å²) >= 11 is 0. The van der Waals surface area contributed by atoms with Crippen LogP contribution in [-0.4, -0.2) is 40.1 Å². The molecule has 0 aliphatic carbocycles. The Balaban J connectivity index is 2.63. The van der Waals surface area contributed by atoms with Gasteiger partial charge >= 0.3 is 11.9 Å². The minimum atomic E-state index is -1.01. The first-order chi connectivity index (χ1) is 17.7. The molecule has 0 aromatic heterocycles. The fraction of sp³-hybridized carbons (Fsp3) is 0.531. The second kappa shape index (κ2) is 16.1. The predicted molar refractivity (Wildman–Crippen MR) is 152 cm³/mol. The van der Waals surface area contributed by atoms with E-state index >= 15 is 0 Å². The van der Waals surface area contributed by atoms with Crippen molar-refractivity contribution in [3.63, 3.8) is 0 Å². The number of hydrogen-bond donors (Lipinski definition) is 2. The first-order valence-electron chi connectivity index (χ1n) is 13.4. The summed E-state index contributed by atoms with van der Waals surface area (Å²) < 4.78 is 5.34. The van der Waals surface area contributed by atoms with E-state index in [9.17, 15) is 19.5 Å². The number of carbonyl (C=O) groups excluding carboxylic acids is 2. The molecule has 0 amide bonds. The molecule has 1 aliphatic heterocycles. The summed E-state index contributed by atoms with van der Waals surface area (Å²) in [5.74, 6) is -2.02. The van der Waals surface area contributed by atoms with Crippen LogP contribution in [0.1, 0.15) is 68.2 Å². The van der Waals surface area contributed by atoms with Crippen LogP contribution < -0.4 is 0 Å². The number of carboxylic acids is 1. The first kappa shape index (κ1) is 33.0.